The zero-order valence-electron chi connectivity index (χ0n) is 13.2. The molecule has 1 N–H and O–H groups in total. The third-order valence-electron chi connectivity index (χ3n) is 3.83. The van der Waals surface area contributed by atoms with E-state index in [4.69, 9.17) is 23.2 Å². The first-order chi connectivity index (χ1) is 12.1. The molecule has 1 aliphatic heterocycles. The normalized spacial score (nSPS) is 14.3. The van der Waals surface area contributed by atoms with Crippen LogP contribution in [0.15, 0.2) is 30.3 Å². The van der Waals surface area contributed by atoms with Crippen LogP contribution in [-0.2, 0) is 4.79 Å². The van der Waals surface area contributed by atoms with Gasteiger partial charge in [-0.1, -0.05) is 23.2 Å². The number of piperazine rings is 1. The Morgan fingerprint density at radius 1 is 1.08 bits per heavy atom. The van der Waals surface area contributed by atoms with Gasteiger partial charge in [0.15, 0.2) is 11.5 Å². The van der Waals surface area contributed by atoms with Crippen molar-refractivity contribution in [1.82, 2.24) is 20.0 Å². The summed E-state index contributed by atoms with van der Waals surface area (Å²) in [5.74, 6) is 0.265. The highest BCUT2D eigenvalue weighted by Crippen LogP contribution is 2.27. The van der Waals surface area contributed by atoms with Crippen LogP contribution in [0.25, 0.3) is 0 Å². The van der Waals surface area contributed by atoms with Crippen molar-refractivity contribution in [3.8, 4) is 0 Å². The van der Waals surface area contributed by atoms with Crippen LogP contribution in [0.5, 0.6) is 0 Å². The van der Waals surface area contributed by atoms with Crippen LogP contribution in [0.4, 0.5) is 11.5 Å². The summed E-state index contributed by atoms with van der Waals surface area (Å²) in [6, 6.07) is 8.33. The number of rotatable bonds is 4. The van der Waals surface area contributed by atoms with E-state index >= 15 is 0 Å². The van der Waals surface area contributed by atoms with Crippen LogP contribution < -0.4 is 5.32 Å². The number of amides is 2. The number of aromatic nitrogens is 2. The zero-order valence-corrected chi connectivity index (χ0v) is 14.7. The Kier molecular flexibility index (Phi) is 5.35. The molecule has 7 nitrogen and oxygen atoms in total. The first-order valence-electron chi connectivity index (χ1n) is 7.61. The van der Waals surface area contributed by atoms with Gasteiger partial charge in [0.25, 0.3) is 5.91 Å². The SMILES string of the molecule is O=CN1CCN(C(=O)c2ccc(Nc3ccc(Cl)cc3Cl)nn2)CC1. The number of halogens is 2. The molecular formula is C16H15Cl2N5O2. The van der Waals surface area contributed by atoms with Crippen molar-refractivity contribution in [3.05, 3.63) is 46.1 Å². The van der Waals surface area contributed by atoms with E-state index in [0.29, 0.717) is 47.7 Å². The molecule has 0 bridgehead atoms. The quantitative estimate of drug-likeness (QED) is 0.825. The van der Waals surface area contributed by atoms with Gasteiger partial charge < -0.3 is 15.1 Å². The van der Waals surface area contributed by atoms with Gasteiger partial charge in [-0.3, -0.25) is 9.59 Å². The van der Waals surface area contributed by atoms with E-state index in [1.165, 1.54) is 0 Å². The van der Waals surface area contributed by atoms with E-state index in [2.05, 4.69) is 15.5 Å². The Hall–Kier alpha value is -2.38. The van der Waals surface area contributed by atoms with Crippen LogP contribution in [0.3, 0.4) is 0 Å². The zero-order chi connectivity index (χ0) is 17.8. The van der Waals surface area contributed by atoms with E-state index in [1.807, 2.05) is 0 Å². The van der Waals surface area contributed by atoms with Gasteiger partial charge >= 0.3 is 0 Å². The number of hydrogen-bond donors (Lipinski definition) is 1. The topological polar surface area (TPSA) is 78.4 Å². The molecule has 2 aromatic rings. The maximum atomic E-state index is 12.4. The second-order valence-corrected chi connectivity index (χ2v) is 6.33. The minimum absolute atomic E-state index is 0.200. The van der Waals surface area contributed by atoms with E-state index in [9.17, 15) is 9.59 Å². The first-order valence-corrected chi connectivity index (χ1v) is 8.37. The Morgan fingerprint density at radius 3 is 2.44 bits per heavy atom. The third-order valence-corrected chi connectivity index (χ3v) is 4.38. The van der Waals surface area contributed by atoms with Crippen molar-refractivity contribution < 1.29 is 9.59 Å². The van der Waals surface area contributed by atoms with E-state index in [1.54, 1.807) is 40.1 Å². The molecule has 9 heteroatoms. The number of carbonyl (C=O) groups excluding carboxylic acids is 2. The largest absolute Gasteiger partial charge is 0.342 e. The Morgan fingerprint density at radius 2 is 1.84 bits per heavy atom. The summed E-state index contributed by atoms with van der Waals surface area (Å²) in [4.78, 5) is 26.4. The van der Waals surface area contributed by atoms with Crippen LogP contribution >= 0.6 is 23.2 Å². The number of benzene rings is 1. The molecule has 0 unspecified atom stereocenters. The van der Waals surface area contributed by atoms with Crippen LogP contribution in [0, 0.1) is 0 Å². The summed E-state index contributed by atoms with van der Waals surface area (Å²) in [5.41, 5.74) is 0.900. The van der Waals surface area contributed by atoms with Gasteiger partial charge in [-0.2, -0.15) is 0 Å². The Labute approximate surface area is 154 Å². The molecule has 1 aromatic carbocycles. The summed E-state index contributed by atoms with van der Waals surface area (Å²) < 4.78 is 0. The highest BCUT2D eigenvalue weighted by Gasteiger charge is 2.22. The number of hydrogen-bond acceptors (Lipinski definition) is 5. The standard InChI is InChI=1S/C16H15Cl2N5O2/c17-11-1-2-13(12(18)9-11)19-15-4-3-14(20-21-15)16(25)23-7-5-22(10-24)6-8-23/h1-4,9-10H,5-8H2,(H,19,21). The summed E-state index contributed by atoms with van der Waals surface area (Å²) in [6.07, 6.45) is 0.796. The minimum atomic E-state index is -0.200. The number of carbonyl (C=O) groups is 2. The molecule has 0 atom stereocenters. The first kappa shape index (κ1) is 17.4. The molecule has 25 heavy (non-hydrogen) atoms. The second kappa shape index (κ2) is 7.67. The fourth-order valence-electron chi connectivity index (χ4n) is 2.43. The van der Waals surface area contributed by atoms with Crippen LogP contribution in [0.1, 0.15) is 10.5 Å². The molecular weight excluding hydrogens is 365 g/mol. The van der Waals surface area contributed by atoms with E-state index < -0.39 is 0 Å². The van der Waals surface area contributed by atoms with Crippen molar-refractivity contribution in [2.24, 2.45) is 0 Å². The molecule has 1 saturated heterocycles. The van der Waals surface area contributed by atoms with Gasteiger partial charge in [-0.25, -0.2) is 0 Å². The lowest BCUT2D eigenvalue weighted by atomic mass is 10.2. The lowest BCUT2D eigenvalue weighted by molar-refractivity contribution is -0.119. The van der Waals surface area contributed by atoms with E-state index in [-0.39, 0.29) is 11.6 Å². The molecule has 1 fully saturated rings. The van der Waals surface area contributed by atoms with Gasteiger partial charge in [0, 0.05) is 31.2 Å². The molecule has 0 spiro atoms. The smallest absolute Gasteiger partial charge is 0.274 e. The summed E-state index contributed by atoms with van der Waals surface area (Å²) >= 11 is 12.0. The monoisotopic (exact) mass is 379 g/mol. The van der Waals surface area contributed by atoms with Gasteiger partial charge in [-0.15, -0.1) is 10.2 Å². The highest BCUT2D eigenvalue weighted by atomic mass is 35.5. The Bertz CT molecular complexity index is 777. The van der Waals surface area contributed by atoms with Crippen LogP contribution in [-0.4, -0.2) is 58.5 Å². The predicted molar refractivity (Wildman–Crippen MR) is 95.3 cm³/mol. The van der Waals surface area contributed by atoms with Gasteiger partial charge in [0.2, 0.25) is 6.41 Å². The fourth-order valence-corrected chi connectivity index (χ4v) is 2.89. The average molecular weight is 380 g/mol. The van der Waals surface area contributed by atoms with Gasteiger partial charge in [0.1, 0.15) is 0 Å². The van der Waals surface area contributed by atoms with Crippen molar-refractivity contribution in [2.75, 3.05) is 31.5 Å². The number of nitrogens with one attached hydrogen (secondary N) is 1. The molecule has 0 aliphatic carbocycles. The number of nitrogens with zero attached hydrogens (tertiary/aromatic N) is 4. The predicted octanol–water partition coefficient (Wildman–Crippen LogP) is 2.44. The van der Waals surface area contributed by atoms with E-state index in [0.717, 1.165) is 6.41 Å². The maximum absolute atomic E-state index is 12.4. The van der Waals surface area contributed by atoms with Gasteiger partial charge in [-0.05, 0) is 30.3 Å². The molecule has 1 aliphatic rings. The highest BCUT2D eigenvalue weighted by molar-refractivity contribution is 6.36. The van der Waals surface area contributed by atoms with Crippen LogP contribution in [0.2, 0.25) is 10.0 Å². The summed E-state index contributed by atoms with van der Waals surface area (Å²) in [7, 11) is 0. The summed E-state index contributed by atoms with van der Waals surface area (Å²) in [5, 5.41) is 12.0. The summed E-state index contributed by atoms with van der Waals surface area (Å²) in [6.45, 7) is 2.02. The Balaban J connectivity index is 1.65. The average Bonchev–Trinajstić information content (AvgIpc) is 2.64. The minimum Gasteiger partial charge on any atom is -0.342 e. The van der Waals surface area contributed by atoms with Gasteiger partial charge in [0.05, 0.1) is 10.7 Å². The molecule has 130 valence electrons. The number of anilines is 2. The molecule has 3 rings (SSSR count). The molecule has 2 amide bonds. The third kappa shape index (κ3) is 4.18. The molecule has 0 radical (unpaired) electrons. The van der Waals surface area contributed by atoms with Crippen molar-refractivity contribution in [1.29, 1.82) is 0 Å². The molecule has 0 saturated carbocycles. The van der Waals surface area contributed by atoms with Crippen molar-refractivity contribution in [3.63, 3.8) is 0 Å². The second-order valence-electron chi connectivity index (χ2n) is 5.49. The van der Waals surface area contributed by atoms with Crippen molar-refractivity contribution in [2.45, 2.75) is 0 Å². The lowest BCUT2D eigenvalue weighted by Gasteiger charge is -2.32. The maximum Gasteiger partial charge on any atom is 0.274 e. The molecule has 2 heterocycles. The lowest BCUT2D eigenvalue weighted by Crippen LogP contribution is -2.48. The fraction of sp³-hybridized carbons (Fsp3) is 0.250. The molecule has 1 aromatic heterocycles. The van der Waals surface area contributed by atoms with Crippen molar-refractivity contribution >= 4 is 47.0 Å².